The Morgan fingerprint density at radius 1 is 1.17 bits per heavy atom. The van der Waals surface area contributed by atoms with Gasteiger partial charge in [0, 0.05) is 12.2 Å². The third kappa shape index (κ3) is 6.39. The van der Waals surface area contributed by atoms with Crippen molar-refractivity contribution in [3.05, 3.63) is 54.1 Å². The number of ether oxygens (including phenoxy) is 1. The van der Waals surface area contributed by atoms with Gasteiger partial charge in [-0.1, -0.05) is 18.2 Å². The van der Waals surface area contributed by atoms with Crippen LogP contribution in [0.3, 0.4) is 0 Å². The minimum absolute atomic E-state index is 0. The lowest BCUT2D eigenvalue weighted by molar-refractivity contribution is -0.274. The number of nitrogens with zero attached hydrogens (tertiary/aromatic N) is 2. The van der Waals surface area contributed by atoms with Crippen LogP contribution in [0, 0.1) is 0 Å². The summed E-state index contributed by atoms with van der Waals surface area (Å²) in [7, 11) is -3.55. The normalized spacial score (nSPS) is 14.1. The maximum Gasteiger partial charge on any atom is 0.573 e. The van der Waals surface area contributed by atoms with Gasteiger partial charge in [0.1, 0.15) is 5.75 Å². The van der Waals surface area contributed by atoms with Gasteiger partial charge in [0.2, 0.25) is 10.0 Å². The highest BCUT2D eigenvalue weighted by Crippen LogP contribution is 2.30. The molecule has 12 heteroatoms. The van der Waals surface area contributed by atoms with Crippen LogP contribution in [0.15, 0.2) is 53.5 Å². The zero-order chi connectivity index (χ0) is 21.1. The number of halogens is 4. The van der Waals surface area contributed by atoms with Crippen LogP contribution in [-0.2, 0) is 16.4 Å². The van der Waals surface area contributed by atoms with Crippen LogP contribution in [-0.4, -0.2) is 39.6 Å². The maximum atomic E-state index is 12.6. The maximum absolute atomic E-state index is 12.6. The molecule has 1 aliphatic heterocycles. The molecule has 0 aromatic heterocycles. The summed E-state index contributed by atoms with van der Waals surface area (Å²) in [5.74, 6) is -0.635. The molecule has 0 atom stereocenters. The largest absolute Gasteiger partial charge is 0.573 e. The molecule has 0 spiro atoms. The molecule has 0 saturated carbocycles. The molecule has 0 aliphatic carbocycles. The summed E-state index contributed by atoms with van der Waals surface area (Å²) in [6.07, 6.45) is -4.10. The first-order valence-corrected chi connectivity index (χ1v) is 10.3. The fourth-order valence-electron chi connectivity index (χ4n) is 2.92. The molecule has 1 heterocycles. The Balaban J connectivity index is 0.00000320. The SMILES string of the molecule is I.NC(=NCCS(=O)(=O)N1CCc2ccccc21)Nc1ccc(OC(F)(F)F)cc1. The molecule has 7 nitrogen and oxygen atoms in total. The summed E-state index contributed by atoms with van der Waals surface area (Å²) in [4.78, 5) is 3.98. The number of rotatable bonds is 6. The smallest absolute Gasteiger partial charge is 0.406 e. The standard InChI is InChI=1S/C18H19F3N4O3S.HI/c19-18(20,21)28-15-7-5-14(6-8-15)24-17(22)23-10-12-29(26,27)25-11-9-13-3-1-2-4-16(13)25;/h1-8H,9-12H2,(H3,22,23,24);1H. The van der Waals surface area contributed by atoms with E-state index in [0.717, 1.165) is 17.7 Å². The van der Waals surface area contributed by atoms with Crippen molar-refractivity contribution in [1.82, 2.24) is 0 Å². The Hall–Kier alpha value is -2.22. The van der Waals surface area contributed by atoms with Crippen molar-refractivity contribution < 1.29 is 26.3 Å². The Kier molecular flexibility index (Phi) is 7.80. The van der Waals surface area contributed by atoms with Crippen molar-refractivity contribution in [1.29, 1.82) is 0 Å². The number of benzene rings is 2. The number of hydrogen-bond donors (Lipinski definition) is 2. The number of fused-ring (bicyclic) bond motifs is 1. The summed E-state index contributed by atoms with van der Waals surface area (Å²) < 4.78 is 66.8. The van der Waals surface area contributed by atoms with Gasteiger partial charge in [0.25, 0.3) is 0 Å². The first-order chi connectivity index (χ1) is 13.6. The van der Waals surface area contributed by atoms with Gasteiger partial charge in [-0.2, -0.15) is 0 Å². The minimum atomic E-state index is -4.77. The molecule has 0 unspecified atom stereocenters. The Bertz CT molecular complexity index is 998. The molecule has 30 heavy (non-hydrogen) atoms. The molecule has 164 valence electrons. The molecular formula is C18H20F3IN4O3S. The number of para-hydroxylation sites is 1. The van der Waals surface area contributed by atoms with Gasteiger partial charge in [0.05, 0.1) is 18.0 Å². The van der Waals surface area contributed by atoms with Crippen LogP contribution >= 0.6 is 24.0 Å². The Labute approximate surface area is 189 Å². The summed E-state index contributed by atoms with van der Waals surface area (Å²) in [6, 6.07) is 12.2. The van der Waals surface area contributed by atoms with E-state index in [9.17, 15) is 21.6 Å². The van der Waals surface area contributed by atoms with Gasteiger partial charge >= 0.3 is 6.36 Å². The topological polar surface area (TPSA) is 97.0 Å². The van der Waals surface area contributed by atoms with Crippen molar-refractivity contribution in [3.63, 3.8) is 0 Å². The van der Waals surface area contributed by atoms with Crippen molar-refractivity contribution in [2.75, 3.05) is 28.5 Å². The second-order valence-corrected chi connectivity index (χ2v) is 8.24. The molecule has 2 aromatic rings. The fraction of sp³-hybridized carbons (Fsp3) is 0.278. The second-order valence-electron chi connectivity index (χ2n) is 6.23. The first kappa shape index (κ1) is 24.1. The minimum Gasteiger partial charge on any atom is -0.406 e. The predicted octanol–water partition coefficient (Wildman–Crippen LogP) is 3.32. The molecule has 0 radical (unpaired) electrons. The van der Waals surface area contributed by atoms with E-state index in [0.29, 0.717) is 24.3 Å². The highest BCUT2D eigenvalue weighted by atomic mass is 127. The number of alkyl halides is 3. The third-order valence-corrected chi connectivity index (χ3v) is 5.92. The van der Waals surface area contributed by atoms with E-state index in [-0.39, 0.29) is 48.0 Å². The number of nitrogens with one attached hydrogen (secondary N) is 1. The number of anilines is 2. The Morgan fingerprint density at radius 3 is 2.50 bits per heavy atom. The van der Waals surface area contributed by atoms with Gasteiger partial charge in [-0.25, -0.2) is 8.42 Å². The molecule has 1 aliphatic rings. The van der Waals surface area contributed by atoms with Crippen LogP contribution in [0.4, 0.5) is 24.5 Å². The lowest BCUT2D eigenvalue weighted by Gasteiger charge is -2.18. The molecule has 0 amide bonds. The monoisotopic (exact) mass is 556 g/mol. The van der Waals surface area contributed by atoms with Gasteiger partial charge in [0.15, 0.2) is 5.96 Å². The molecule has 0 saturated heterocycles. The number of nitrogens with two attached hydrogens (primary N) is 1. The van der Waals surface area contributed by atoms with Crippen LogP contribution in [0.5, 0.6) is 5.75 Å². The molecule has 0 fully saturated rings. The van der Waals surface area contributed by atoms with Gasteiger partial charge < -0.3 is 15.8 Å². The van der Waals surface area contributed by atoms with E-state index in [2.05, 4.69) is 15.0 Å². The first-order valence-electron chi connectivity index (χ1n) is 8.65. The molecular weight excluding hydrogens is 536 g/mol. The number of sulfonamides is 1. The highest BCUT2D eigenvalue weighted by Gasteiger charge is 2.31. The van der Waals surface area contributed by atoms with Crippen LogP contribution < -0.4 is 20.1 Å². The van der Waals surface area contributed by atoms with E-state index < -0.39 is 16.4 Å². The number of aliphatic imine (C=N–C) groups is 1. The highest BCUT2D eigenvalue weighted by molar-refractivity contribution is 14.0. The number of guanidine groups is 1. The fourth-order valence-corrected chi connectivity index (χ4v) is 4.31. The molecule has 3 N–H and O–H groups in total. The quantitative estimate of drug-likeness (QED) is 0.324. The summed E-state index contributed by atoms with van der Waals surface area (Å²) >= 11 is 0. The van der Waals surface area contributed by atoms with Crippen molar-refractivity contribution >= 4 is 51.3 Å². The van der Waals surface area contributed by atoms with E-state index in [4.69, 9.17) is 5.73 Å². The molecule has 3 rings (SSSR count). The van der Waals surface area contributed by atoms with Crippen LogP contribution in [0.25, 0.3) is 0 Å². The number of hydrogen-bond acceptors (Lipinski definition) is 4. The van der Waals surface area contributed by atoms with Crippen molar-refractivity contribution in [2.24, 2.45) is 10.7 Å². The summed E-state index contributed by atoms with van der Waals surface area (Å²) in [5, 5.41) is 2.69. The molecule has 2 aromatic carbocycles. The van der Waals surface area contributed by atoms with E-state index >= 15 is 0 Å². The van der Waals surface area contributed by atoms with Gasteiger partial charge in [-0.05, 0) is 42.3 Å². The van der Waals surface area contributed by atoms with E-state index in [1.54, 1.807) is 12.1 Å². The lowest BCUT2D eigenvalue weighted by atomic mass is 10.2. The summed E-state index contributed by atoms with van der Waals surface area (Å²) in [6.45, 7) is 0.334. The Morgan fingerprint density at radius 2 is 1.83 bits per heavy atom. The average Bonchev–Trinajstić information content (AvgIpc) is 3.07. The lowest BCUT2D eigenvalue weighted by Crippen LogP contribution is -2.33. The summed E-state index contributed by atoms with van der Waals surface area (Å²) in [5.41, 5.74) is 7.78. The second kappa shape index (κ2) is 9.73. The van der Waals surface area contributed by atoms with E-state index in [1.807, 2.05) is 12.1 Å². The van der Waals surface area contributed by atoms with Crippen LogP contribution in [0.2, 0.25) is 0 Å². The predicted molar refractivity (Wildman–Crippen MR) is 120 cm³/mol. The zero-order valence-corrected chi connectivity index (χ0v) is 18.7. The van der Waals surface area contributed by atoms with Gasteiger partial charge in [-0.15, -0.1) is 37.1 Å². The molecule has 0 bridgehead atoms. The van der Waals surface area contributed by atoms with Crippen molar-refractivity contribution in [3.8, 4) is 5.75 Å². The van der Waals surface area contributed by atoms with E-state index in [1.165, 1.54) is 16.4 Å². The van der Waals surface area contributed by atoms with Crippen LogP contribution in [0.1, 0.15) is 5.56 Å². The third-order valence-electron chi connectivity index (χ3n) is 4.17. The van der Waals surface area contributed by atoms with Crippen molar-refractivity contribution in [2.45, 2.75) is 12.8 Å². The zero-order valence-electron chi connectivity index (χ0n) is 15.6. The average molecular weight is 556 g/mol. The van der Waals surface area contributed by atoms with Gasteiger partial charge in [-0.3, -0.25) is 9.30 Å².